The summed E-state index contributed by atoms with van der Waals surface area (Å²) in [6, 6.07) is 18.8. The van der Waals surface area contributed by atoms with E-state index >= 15 is 0 Å². The first kappa shape index (κ1) is 25.9. The Hall–Kier alpha value is -3.40. The maximum absolute atomic E-state index is 10.4. The van der Waals surface area contributed by atoms with Gasteiger partial charge in [0.05, 0.1) is 22.3 Å². The van der Waals surface area contributed by atoms with Crippen molar-refractivity contribution in [1.29, 1.82) is 0 Å². The Morgan fingerprint density at radius 1 is 1.03 bits per heavy atom. The Bertz CT molecular complexity index is 1890. The Balaban J connectivity index is 0.00000277. The van der Waals surface area contributed by atoms with Gasteiger partial charge in [-0.25, -0.2) is 0 Å². The Morgan fingerprint density at radius 3 is 2.69 bits per heavy atom. The molecule has 39 heavy (non-hydrogen) atoms. The molecule has 0 amide bonds. The normalized spacial score (nSPS) is 11.9. The number of ether oxygens (including phenoxy) is 1. The fraction of sp³-hybridized carbons (Fsp3) is 0. The summed E-state index contributed by atoms with van der Waals surface area (Å²) < 4.78 is 18.5. The first-order valence-corrected chi connectivity index (χ1v) is 12.1. The van der Waals surface area contributed by atoms with Crippen LogP contribution in [0.15, 0.2) is 70.0 Å². The molecule has 12 nitrogen and oxygen atoms in total. The molecular formula is C24H13ClN7NaO5S. The molecule has 0 fully saturated rings. The molecule has 0 saturated carbocycles. The van der Waals surface area contributed by atoms with Gasteiger partial charge in [-0.2, -0.15) is 24.0 Å². The number of benzene rings is 4. The van der Waals surface area contributed by atoms with Crippen molar-refractivity contribution in [3.63, 3.8) is 0 Å². The summed E-state index contributed by atoms with van der Waals surface area (Å²) in [7, 11) is 0. The van der Waals surface area contributed by atoms with Crippen LogP contribution in [-0.2, 0) is 9.37 Å². The van der Waals surface area contributed by atoms with Gasteiger partial charge in [-0.1, -0.05) is 30.3 Å². The van der Waals surface area contributed by atoms with Gasteiger partial charge in [0.25, 0.3) is 5.52 Å². The average Bonchev–Trinajstić information content (AvgIpc) is 3.27. The number of nitrogens with one attached hydrogen (secondary N) is 1. The van der Waals surface area contributed by atoms with E-state index in [4.69, 9.17) is 31.9 Å². The summed E-state index contributed by atoms with van der Waals surface area (Å²) in [5.41, 5.74) is 13.0. The van der Waals surface area contributed by atoms with Gasteiger partial charge in [0.15, 0.2) is 0 Å². The van der Waals surface area contributed by atoms with Gasteiger partial charge in [-0.3, -0.25) is 5.04 Å². The average molecular weight is 570 g/mol. The molecule has 1 aliphatic rings. The smallest absolute Gasteiger partial charge is 0.691 e. The van der Waals surface area contributed by atoms with E-state index in [1.807, 2.05) is 54.6 Å². The standard InChI is InChI=1S/C24H14ClN7O5S.Na/c25-21-28-22(26)30-23(29-21)27-12-6-7-13-11(9-12)5-8-16-20(13)35-24-32(31-16)19-15-4-2-1-3-14(15)18(38-37-36-33)10-17(19)34-24;/h1-10,33H,(H3,26,27,28,29,30);/q;+1/p-1. The second-order valence-electron chi connectivity index (χ2n) is 8.13. The van der Waals surface area contributed by atoms with Gasteiger partial charge < -0.3 is 30.9 Å². The largest absolute Gasteiger partial charge is 1.00 e. The molecule has 7 rings (SSSR count). The summed E-state index contributed by atoms with van der Waals surface area (Å²) in [5, 5.41) is 20.4. The molecule has 4 aromatic carbocycles. The van der Waals surface area contributed by atoms with Gasteiger partial charge >= 0.3 is 35.6 Å². The summed E-state index contributed by atoms with van der Waals surface area (Å²) >= 11 is 6.67. The van der Waals surface area contributed by atoms with E-state index in [2.05, 4.69) is 29.6 Å². The molecule has 0 aliphatic carbocycles. The predicted octanol–water partition coefficient (Wildman–Crippen LogP) is 2.00. The van der Waals surface area contributed by atoms with Crippen LogP contribution in [-0.4, -0.2) is 15.0 Å². The minimum atomic E-state index is -0.00577. The van der Waals surface area contributed by atoms with E-state index in [1.54, 1.807) is 10.7 Å². The molecule has 0 unspecified atom stereocenters. The van der Waals surface area contributed by atoms with E-state index in [9.17, 15) is 5.26 Å². The van der Waals surface area contributed by atoms with Crippen molar-refractivity contribution in [1.82, 2.24) is 15.0 Å². The van der Waals surface area contributed by atoms with Crippen molar-refractivity contribution in [2.24, 2.45) is 0 Å². The molecule has 3 N–H and O–H groups in total. The van der Waals surface area contributed by atoms with Gasteiger partial charge in [-0.05, 0) is 46.9 Å². The number of nitrogen functional groups attached to an aromatic ring is 1. The number of aromatic nitrogens is 4. The zero-order chi connectivity index (χ0) is 25.8. The number of rotatable bonds is 5. The minimum Gasteiger partial charge on any atom is -0.691 e. The van der Waals surface area contributed by atoms with Gasteiger partial charge in [0.2, 0.25) is 22.8 Å². The zero-order valence-electron chi connectivity index (χ0n) is 19.9. The minimum absolute atomic E-state index is 0. The first-order chi connectivity index (χ1) is 18.6. The molecular weight excluding hydrogens is 557 g/mol. The molecule has 0 spiro atoms. The molecule has 0 radical (unpaired) electrons. The predicted molar refractivity (Wildman–Crippen MR) is 137 cm³/mol. The molecule has 6 aromatic rings. The number of hydrogen-bond donors (Lipinski definition) is 2. The van der Waals surface area contributed by atoms with Crippen molar-refractivity contribution in [2.45, 2.75) is 4.90 Å². The van der Waals surface area contributed by atoms with Crippen LogP contribution in [0.25, 0.3) is 38.1 Å². The zero-order valence-corrected chi connectivity index (χ0v) is 23.5. The first-order valence-electron chi connectivity index (χ1n) is 11.0. The summed E-state index contributed by atoms with van der Waals surface area (Å²) in [5.74, 6) is 0.787. The van der Waals surface area contributed by atoms with Crippen LogP contribution in [0, 0.1) is 0 Å². The van der Waals surface area contributed by atoms with Crippen molar-refractivity contribution in [3.8, 4) is 11.8 Å². The molecule has 3 heterocycles. The van der Waals surface area contributed by atoms with Crippen molar-refractivity contribution < 1.29 is 58.0 Å². The third-order valence-electron chi connectivity index (χ3n) is 5.91. The molecule has 188 valence electrons. The van der Waals surface area contributed by atoms with Gasteiger partial charge in [0, 0.05) is 22.5 Å². The quantitative estimate of drug-likeness (QED) is 0.103. The van der Waals surface area contributed by atoms with Crippen LogP contribution in [0.4, 0.5) is 23.3 Å². The fourth-order valence-corrected chi connectivity index (χ4v) is 5.09. The van der Waals surface area contributed by atoms with Crippen molar-refractivity contribution >= 4 is 79.6 Å². The Labute approximate surface area is 250 Å². The number of nitrogens with two attached hydrogens (primary N) is 1. The van der Waals surface area contributed by atoms with Crippen LogP contribution in [0.3, 0.4) is 0 Å². The Kier molecular flexibility index (Phi) is 6.82. The van der Waals surface area contributed by atoms with E-state index in [0.717, 1.165) is 33.6 Å². The number of hydrogen-bond acceptors (Lipinski definition) is 11. The van der Waals surface area contributed by atoms with Gasteiger partial charge in [0.1, 0.15) is 5.75 Å². The van der Waals surface area contributed by atoms with E-state index in [1.165, 1.54) is 0 Å². The van der Waals surface area contributed by atoms with Crippen LogP contribution in [0.2, 0.25) is 5.28 Å². The van der Waals surface area contributed by atoms with Crippen LogP contribution in [0.5, 0.6) is 11.8 Å². The summed E-state index contributed by atoms with van der Waals surface area (Å²) in [4.78, 5) is 12.5. The fourth-order valence-electron chi connectivity index (χ4n) is 4.40. The molecule has 2 aromatic heterocycles. The van der Waals surface area contributed by atoms with Crippen LogP contribution >= 0.6 is 23.6 Å². The molecule has 0 bridgehead atoms. The second-order valence-corrected chi connectivity index (χ2v) is 9.21. The van der Waals surface area contributed by atoms with E-state index in [-0.39, 0.29) is 52.8 Å². The third kappa shape index (κ3) is 4.58. The van der Waals surface area contributed by atoms with Crippen molar-refractivity contribution in [2.75, 3.05) is 11.1 Å². The number of nitrogens with zero attached hydrogens (tertiary/aromatic N) is 5. The number of anilines is 3. The third-order valence-corrected chi connectivity index (χ3v) is 6.72. The summed E-state index contributed by atoms with van der Waals surface area (Å²) in [6.45, 7) is 0. The van der Waals surface area contributed by atoms with E-state index < -0.39 is 0 Å². The molecule has 15 heteroatoms. The topological polar surface area (TPSA) is 159 Å². The maximum atomic E-state index is 10.4. The van der Waals surface area contributed by atoms with Crippen LogP contribution in [0.1, 0.15) is 0 Å². The molecule has 0 saturated heterocycles. The van der Waals surface area contributed by atoms with Gasteiger partial charge in [-0.15, -0.1) is 0 Å². The SMILES string of the molecule is Nc1nc(Cl)nc(Nc2ccc3c4c(ccc3c2)[N-][n+]2c(oc3cc(SOO[O-])c5ccccc5c32)O4)n1.[Na+]. The number of fused-ring (bicyclic) bond motifs is 8. The maximum Gasteiger partial charge on any atom is 1.00 e. The molecule has 0 atom stereocenters. The number of oxazole rings is 1. The van der Waals surface area contributed by atoms with Crippen LogP contribution < -0.4 is 55.3 Å². The second kappa shape index (κ2) is 10.3. The monoisotopic (exact) mass is 569 g/mol. The Morgan fingerprint density at radius 2 is 1.87 bits per heavy atom. The molecule has 1 aliphatic heterocycles. The van der Waals surface area contributed by atoms with E-state index in [0.29, 0.717) is 33.1 Å². The summed E-state index contributed by atoms with van der Waals surface area (Å²) in [6.07, 6.45) is 0.186. The number of halogens is 1. The van der Waals surface area contributed by atoms with Crippen molar-refractivity contribution in [3.05, 3.63) is 71.4 Å².